The van der Waals surface area contributed by atoms with Crippen molar-refractivity contribution in [2.45, 2.75) is 42.1 Å². The second-order valence-corrected chi connectivity index (χ2v) is 19.4. The third kappa shape index (κ3) is 6.74. The van der Waals surface area contributed by atoms with Crippen LogP contribution in [0.25, 0.3) is 0 Å². The van der Waals surface area contributed by atoms with Crippen LogP contribution in [0.2, 0.25) is 0 Å². The van der Waals surface area contributed by atoms with Gasteiger partial charge in [-0.25, -0.2) is 0 Å². The van der Waals surface area contributed by atoms with Crippen LogP contribution in [-0.4, -0.2) is 16.5 Å². The van der Waals surface area contributed by atoms with Gasteiger partial charge in [0.1, 0.15) is 10.2 Å². The summed E-state index contributed by atoms with van der Waals surface area (Å²) in [5.41, 5.74) is 4.11. The Morgan fingerprint density at radius 1 is 0.853 bits per heavy atom. The van der Waals surface area contributed by atoms with Gasteiger partial charge in [-0.15, -0.1) is 0 Å². The van der Waals surface area contributed by atoms with E-state index in [1.54, 1.807) is 0 Å². The summed E-state index contributed by atoms with van der Waals surface area (Å²) in [5.74, 6) is 0.361. The summed E-state index contributed by atoms with van der Waals surface area (Å²) >= 11 is -1.92. The Labute approximate surface area is 225 Å². The fourth-order valence-electron chi connectivity index (χ4n) is 4.79. The molecule has 1 aliphatic rings. The monoisotopic (exact) mass is 568 g/mol. The predicted molar refractivity (Wildman–Crippen MR) is 147 cm³/mol. The van der Waals surface area contributed by atoms with Crippen LogP contribution < -0.4 is 0 Å². The molecular weight excluding hydrogens is 539 g/mol. The van der Waals surface area contributed by atoms with Crippen molar-refractivity contribution in [3.63, 3.8) is 0 Å². The Bertz CT molecular complexity index is 987. The van der Waals surface area contributed by atoms with Gasteiger partial charge in [0.15, 0.2) is 4.75 Å². The van der Waals surface area contributed by atoms with E-state index in [1.807, 2.05) is 0 Å². The quantitative estimate of drug-likeness (QED) is 0.233. The van der Waals surface area contributed by atoms with E-state index in [4.69, 9.17) is 27.9 Å². The third-order valence-corrected chi connectivity index (χ3v) is 9.56. The Kier molecular flexibility index (Phi) is 10.7. The maximum atomic E-state index is 9.85. The number of hydrogen-bond acceptors (Lipinski definition) is 1. The van der Waals surface area contributed by atoms with Crippen molar-refractivity contribution in [1.82, 2.24) is 0 Å². The molecule has 3 aromatic rings. The number of allylic oxidation sites excluding steroid dienone is 1. The van der Waals surface area contributed by atoms with E-state index in [2.05, 4.69) is 116 Å². The average molecular weight is 570 g/mol. The number of aliphatic hydroxyl groups excluding tert-OH is 1. The zero-order valence-corrected chi connectivity index (χ0v) is 24.1. The minimum atomic E-state index is -1.92. The van der Waals surface area contributed by atoms with E-state index >= 15 is 0 Å². The molecule has 0 aromatic heterocycles. The predicted octanol–water partition coefficient (Wildman–Crippen LogP) is 8.48. The second kappa shape index (κ2) is 13.0. The van der Waals surface area contributed by atoms with E-state index in [0.29, 0.717) is 5.92 Å². The molecule has 0 saturated heterocycles. The third-order valence-electron chi connectivity index (χ3n) is 6.35. The molecule has 4 rings (SSSR count). The minimum absolute atomic E-state index is 0.0153. The van der Waals surface area contributed by atoms with Crippen molar-refractivity contribution in [2.24, 2.45) is 0 Å². The zero-order chi connectivity index (χ0) is 24.6. The van der Waals surface area contributed by atoms with Crippen molar-refractivity contribution < 1.29 is 19.8 Å². The van der Waals surface area contributed by atoms with Crippen molar-refractivity contribution in [3.8, 4) is 0 Å². The van der Waals surface area contributed by atoms with Crippen LogP contribution in [0.3, 0.4) is 0 Å². The van der Waals surface area contributed by atoms with Crippen LogP contribution in [0.4, 0.5) is 0 Å². The molecule has 0 spiro atoms. The standard InChI is InChI=1S/C28H31OS.3ClH.Ti/c1-27(2,19-20-29)30-21-18-24(23-12-6-3-7-13-23)22-28(30,25-14-8-4-9-15-25)26-16-10-5-11-17-26;;;;/h3-18,21,24,29H,19-20,22H2,1-2H3;3*1H;/q+1;;;;+3/p-3. The molecular formula is C28H31Cl3OSTi+. The molecule has 0 saturated carbocycles. The van der Waals surface area contributed by atoms with E-state index in [-0.39, 0.29) is 27.0 Å². The van der Waals surface area contributed by atoms with Crippen molar-refractivity contribution >= 4 is 38.8 Å². The molecule has 1 N–H and O–H groups in total. The summed E-state index contributed by atoms with van der Waals surface area (Å²) in [7, 11) is 14.8. The van der Waals surface area contributed by atoms with Gasteiger partial charge in [0.05, 0.1) is 0 Å². The summed E-state index contributed by atoms with van der Waals surface area (Å²) in [5, 5.41) is 12.3. The van der Waals surface area contributed by atoms with Gasteiger partial charge < -0.3 is 5.11 Å². The number of rotatable bonds is 6. The molecule has 3 aromatic carbocycles. The number of aliphatic hydroxyl groups is 1. The van der Waals surface area contributed by atoms with Gasteiger partial charge in [-0.05, 0) is 25.5 Å². The normalized spacial score (nSPS) is 19.1. The Balaban J connectivity index is 0.000000751. The molecule has 0 radical (unpaired) electrons. The molecule has 0 amide bonds. The first-order chi connectivity index (χ1) is 16.3. The summed E-state index contributed by atoms with van der Waals surface area (Å²) in [6.07, 6.45) is 4.24. The van der Waals surface area contributed by atoms with Gasteiger partial charge >= 0.3 is 42.6 Å². The summed E-state index contributed by atoms with van der Waals surface area (Å²) in [6.45, 7) is 4.85. The van der Waals surface area contributed by atoms with Crippen LogP contribution >= 0.6 is 27.9 Å². The molecule has 1 aliphatic heterocycles. The number of halogens is 3. The van der Waals surface area contributed by atoms with Crippen molar-refractivity contribution in [2.75, 3.05) is 6.61 Å². The van der Waals surface area contributed by atoms with E-state index in [9.17, 15) is 5.11 Å². The van der Waals surface area contributed by atoms with E-state index in [1.165, 1.54) is 16.7 Å². The Morgan fingerprint density at radius 2 is 1.29 bits per heavy atom. The van der Waals surface area contributed by atoms with Gasteiger partial charge in [-0.2, -0.15) is 0 Å². The van der Waals surface area contributed by atoms with Gasteiger partial charge in [-0.1, -0.05) is 91.0 Å². The first kappa shape index (κ1) is 27.9. The summed E-state index contributed by atoms with van der Waals surface area (Å²) in [4.78, 5) is 0. The Hall–Kier alpha value is -0.706. The summed E-state index contributed by atoms with van der Waals surface area (Å²) in [6, 6.07) is 32.9. The fraction of sp³-hybridized carbons (Fsp3) is 0.286. The summed E-state index contributed by atoms with van der Waals surface area (Å²) < 4.78 is -0.144. The van der Waals surface area contributed by atoms with Crippen LogP contribution in [-0.2, 0) is 30.3 Å². The molecule has 2 atom stereocenters. The molecule has 34 heavy (non-hydrogen) atoms. The first-order valence-corrected chi connectivity index (χ1v) is 19.1. The van der Waals surface area contributed by atoms with Gasteiger partial charge in [0.25, 0.3) is 0 Å². The molecule has 2 unspecified atom stereocenters. The van der Waals surface area contributed by atoms with Crippen LogP contribution in [0.5, 0.6) is 0 Å². The first-order valence-electron chi connectivity index (χ1n) is 11.3. The average Bonchev–Trinajstić information content (AvgIpc) is 2.85. The van der Waals surface area contributed by atoms with Gasteiger partial charge in [0.2, 0.25) is 0 Å². The Morgan fingerprint density at radius 3 is 1.74 bits per heavy atom. The van der Waals surface area contributed by atoms with Crippen LogP contribution in [0.15, 0.2) is 102 Å². The molecule has 0 fully saturated rings. The fourth-order valence-corrected chi connectivity index (χ4v) is 8.13. The topological polar surface area (TPSA) is 20.2 Å². The molecule has 0 bridgehead atoms. The maximum absolute atomic E-state index is 9.85. The molecule has 1 heterocycles. The van der Waals surface area contributed by atoms with Crippen molar-refractivity contribution in [1.29, 1.82) is 0 Å². The molecule has 6 heteroatoms. The van der Waals surface area contributed by atoms with Gasteiger partial charge in [-0.3, -0.25) is 0 Å². The molecule has 1 nitrogen and oxygen atoms in total. The van der Waals surface area contributed by atoms with Gasteiger partial charge in [0, 0.05) is 47.4 Å². The number of benzene rings is 3. The van der Waals surface area contributed by atoms with Crippen LogP contribution in [0.1, 0.15) is 49.3 Å². The van der Waals surface area contributed by atoms with E-state index < -0.39 is 14.7 Å². The van der Waals surface area contributed by atoms with E-state index in [0.717, 1.165) is 12.8 Å². The van der Waals surface area contributed by atoms with Crippen molar-refractivity contribution in [3.05, 3.63) is 119 Å². The molecule has 0 aliphatic carbocycles. The molecule has 179 valence electrons. The zero-order valence-electron chi connectivity index (χ0n) is 19.5. The SMILES string of the molecule is CC(C)(CCO)[S+]1C=CC(c2ccccc2)CC1(c1ccccc1)c1ccccc1.[Cl][Ti]([Cl])[Cl]. The van der Waals surface area contributed by atoms with Crippen LogP contribution in [0, 0.1) is 0 Å². The number of hydrogen-bond donors (Lipinski definition) is 1. The second-order valence-electron chi connectivity index (χ2n) is 8.89.